The number of carbonyl (C=O) groups excluding carboxylic acids is 2. The van der Waals surface area contributed by atoms with E-state index in [0.717, 1.165) is 11.4 Å². The minimum Gasteiger partial charge on any atom is -0.497 e. The third kappa shape index (κ3) is 3.71. The Bertz CT molecular complexity index is 1010. The fourth-order valence-electron chi connectivity index (χ4n) is 3.62. The van der Waals surface area contributed by atoms with Gasteiger partial charge in [-0.05, 0) is 49.4 Å². The smallest absolute Gasteiger partial charge is 0.254 e. The predicted octanol–water partition coefficient (Wildman–Crippen LogP) is 2.76. The summed E-state index contributed by atoms with van der Waals surface area (Å²) in [7, 11) is 1.60. The van der Waals surface area contributed by atoms with E-state index in [-0.39, 0.29) is 24.4 Å². The standard InChI is InChI=1S/C22H22N4O3/c1-16-14-24(15-21(27)26(16)19-5-3-6-20(13-19)29-2)22(28)17-7-9-18(10-8-17)25-12-4-11-23-25/h3-13,16H,14-15H2,1-2H3/t16-/m0/s1. The number of carbonyl (C=O) groups is 2. The molecular formula is C22H22N4O3. The molecule has 0 N–H and O–H groups in total. The highest BCUT2D eigenvalue weighted by Crippen LogP contribution is 2.26. The number of aromatic nitrogens is 2. The average Bonchev–Trinajstić information content (AvgIpc) is 3.28. The second-order valence-electron chi connectivity index (χ2n) is 7.00. The first-order valence-corrected chi connectivity index (χ1v) is 9.42. The third-order valence-corrected chi connectivity index (χ3v) is 5.02. The quantitative estimate of drug-likeness (QED) is 0.687. The number of nitrogens with zero attached hydrogens (tertiary/aromatic N) is 4. The van der Waals surface area contributed by atoms with E-state index in [1.807, 2.05) is 55.6 Å². The van der Waals surface area contributed by atoms with Crippen molar-refractivity contribution in [2.75, 3.05) is 25.1 Å². The molecule has 29 heavy (non-hydrogen) atoms. The molecular weight excluding hydrogens is 368 g/mol. The van der Waals surface area contributed by atoms with E-state index in [0.29, 0.717) is 17.9 Å². The maximum absolute atomic E-state index is 12.9. The molecule has 148 valence electrons. The van der Waals surface area contributed by atoms with E-state index in [9.17, 15) is 9.59 Å². The summed E-state index contributed by atoms with van der Waals surface area (Å²) in [4.78, 5) is 29.1. The Hall–Kier alpha value is -3.61. The van der Waals surface area contributed by atoms with E-state index >= 15 is 0 Å². The number of hydrogen-bond acceptors (Lipinski definition) is 4. The predicted molar refractivity (Wildman–Crippen MR) is 109 cm³/mol. The molecule has 7 nitrogen and oxygen atoms in total. The zero-order valence-electron chi connectivity index (χ0n) is 16.4. The van der Waals surface area contributed by atoms with Crippen LogP contribution in [0.4, 0.5) is 5.69 Å². The zero-order chi connectivity index (χ0) is 20.4. The van der Waals surface area contributed by atoms with Crippen molar-refractivity contribution in [3.05, 3.63) is 72.6 Å². The van der Waals surface area contributed by atoms with Crippen LogP contribution in [-0.2, 0) is 4.79 Å². The topological polar surface area (TPSA) is 67.7 Å². The molecule has 7 heteroatoms. The lowest BCUT2D eigenvalue weighted by Gasteiger charge is -2.39. The van der Waals surface area contributed by atoms with Crippen molar-refractivity contribution in [3.63, 3.8) is 0 Å². The van der Waals surface area contributed by atoms with Gasteiger partial charge in [-0.1, -0.05) is 6.07 Å². The second kappa shape index (κ2) is 7.79. The molecule has 0 spiro atoms. The van der Waals surface area contributed by atoms with E-state index in [4.69, 9.17) is 4.74 Å². The van der Waals surface area contributed by atoms with Gasteiger partial charge in [0.25, 0.3) is 5.91 Å². The molecule has 0 bridgehead atoms. The van der Waals surface area contributed by atoms with Crippen LogP contribution in [0.25, 0.3) is 5.69 Å². The largest absolute Gasteiger partial charge is 0.497 e. The van der Waals surface area contributed by atoms with Crippen LogP contribution in [0.3, 0.4) is 0 Å². The van der Waals surface area contributed by atoms with Crippen LogP contribution in [-0.4, -0.2) is 52.7 Å². The number of ether oxygens (including phenoxy) is 1. The highest BCUT2D eigenvalue weighted by molar-refractivity contribution is 6.02. The number of anilines is 1. The van der Waals surface area contributed by atoms with Gasteiger partial charge in [-0.3, -0.25) is 9.59 Å². The maximum atomic E-state index is 12.9. The van der Waals surface area contributed by atoms with Gasteiger partial charge in [0.15, 0.2) is 0 Å². The SMILES string of the molecule is COc1cccc(N2C(=O)CN(C(=O)c3ccc(-n4cccn4)cc3)C[C@@H]2C)c1. The van der Waals surface area contributed by atoms with Crippen LogP contribution in [0.15, 0.2) is 67.0 Å². The van der Waals surface area contributed by atoms with Crippen molar-refractivity contribution in [1.29, 1.82) is 0 Å². The Labute approximate surface area is 169 Å². The maximum Gasteiger partial charge on any atom is 0.254 e. The van der Waals surface area contributed by atoms with Gasteiger partial charge < -0.3 is 14.5 Å². The number of rotatable bonds is 4. The summed E-state index contributed by atoms with van der Waals surface area (Å²) in [6.45, 7) is 2.45. The normalized spacial score (nSPS) is 16.8. The molecule has 2 amide bonds. The van der Waals surface area contributed by atoms with Crippen molar-refractivity contribution in [1.82, 2.24) is 14.7 Å². The lowest BCUT2D eigenvalue weighted by molar-refractivity contribution is -0.121. The van der Waals surface area contributed by atoms with Gasteiger partial charge in [0.1, 0.15) is 12.3 Å². The Kier molecular flexibility index (Phi) is 5.03. The Morgan fingerprint density at radius 3 is 2.55 bits per heavy atom. The molecule has 0 radical (unpaired) electrons. The Morgan fingerprint density at radius 1 is 1.10 bits per heavy atom. The van der Waals surface area contributed by atoms with Gasteiger partial charge in [0, 0.05) is 36.3 Å². The van der Waals surface area contributed by atoms with Crippen molar-refractivity contribution in [2.45, 2.75) is 13.0 Å². The summed E-state index contributed by atoms with van der Waals surface area (Å²) in [5.74, 6) is 0.430. The van der Waals surface area contributed by atoms with Crippen LogP contribution in [0.5, 0.6) is 5.75 Å². The van der Waals surface area contributed by atoms with Crippen molar-refractivity contribution >= 4 is 17.5 Å². The number of hydrogen-bond donors (Lipinski definition) is 0. The Morgan fingerprint density at radius 2 is 1.90 bits per heavy atom. The lowest BCUT2D eigenvalue weighted by Crippen LogP contribution is -2.57. The fraction of sp³-hybridized carbons (Fsp3) is 0.227. The molecule has 2 heterocycles. The van der Waals surface area contributed by atoms with E-state index in [1.165, 1.54) is 0 Å². The monoisotopic (exact) mass is 390 g/mol. The Balaban J connectivity index is 1.49. The van der Waals surface area contributed by atoms with E-state index in [1.54, 1.807) is 39.9 Å². The number of benzene rings is 2. The van der Waals surface area contributed by atoms with Crippen LogP contribution in [0.2, 0.25) is 0 Å². The van der Waals surface area contributed by atoms with Crippen molar-refractivity contribution in [3.8, 4) is 11.4 Å². The zero-order valence-corrected chi connectivity index (χ0v) is 16.4. The highest BCUT2D eigenvalue weighted by Gasteiger charge is 2.33. The minimum absolute atomic E-state index is 0.0429. The van der Waals surface area contributed by atoms with E-state index in [2.05, 4.69) is 5.10 Å². The molecule has 1 aliphatic rings. The molecule has 0 aliphatic carbocycles. The van der Waals surface area contributed by atoms with Crippen LogP contribution < -0.4 is 9.64 Å². The summed E-state index contributed by atoms with van der Waals surface area (Å²) in [6.07, 6.45) is 3.54. The van der Waals surface area contributed by atoms with Gasteiger partial charge in [0.05, 0.1) is 18.8 Å². The van der Waals surface area contributed by atoms with Crippen LogP contribution >= 0.6 is 0 Å². The van der Waals surface area contributed by atoms with Gasteiger partial charge in [-0.15, -0.1) is 0 Å². The van der Waals surface area contributed by atoms with Gasteiger partial charge in [0.2, 0.25) is 5.91 Å². The molecule has 0 unspecified atom stereocenters. The second-order valence-corrected chi connectivity index (χ2v) is 7.00. The summed E-state index contributed by atoms with van der Waals surface area (Å²) in [6, 6.07) is 16.3. The van der Waals surface area contributed by atoms with Crippen LogP contribution in [0, 0.1) is 0 Å². The number of piperazine rings is 1. The van der Waals surface area contributed by atoms with Gasteiger partial charge >= 0.3 is 0 Å². The summed E-state index contributed by atoms with van der Waals surface area (Å²) >= 11 is 0. The number of methoxy groups -OCH3 is 1. The first-order valence-electron chi connectivity index (χ1n) is 9.42. The molecule has 4 rings (SSSR count). The fourth-order valence-corrected chi connectivity index (χ4v) is 3.62. The van der Waals surface area contributed by atoms with E-state index < -0.39 is 0 Å². The first kappa shape index (κ1) is 18.7. The van der Waals surface area contributed by atoms with Gasteiger partial charge in [-0.2, -0.15) is 5.10 Å². The summed E-state index contributed by atoms with van der Waals surface area (Å²) < 4.78 is 6.99. The molecule has 1 saturated heterocycles. The molecule has 3 aromatic rings. The van der Waals surface area contributed by atoms with Crippen LogP contribution in [0.1, 0.15) is 17.3 Å². The summed E-state index contributed by atoms with van der Waals surface area (Å²) in [5, 5.41) is 4.18. The molecule has 1 aromatic heterocycles. The molecule has 2 aromatic carbocycles. The molecule has 0 saturated carbocycles. The molecule has 1 aliphatic heterocycles. The van der Waals surface area contributed by atoms with Crippen molar-refractivity contribution in [2.24, 2.45) is 0 Å². The lowest BCUT2D eigenvalue weighted by atomic mass is 10.1. The average molecular weight is 390 g/mol. The summed E-state index contributed by atoms with van der Waals surface area (Å²) in [5.41, 5.74) is 2.20. The number of amides is 2. The highest BCUT2D eigenvalue weighted by atomic mass is 16.5. The first-order chi connectivity index (χ1) is 14.1. The molecule has 1 fully saturated rings. The molecule has 1 atom stereocenters. The third-order valence-electron chi connectivity index (χ3n) is 5.02. The van der Waals surface area contributed by atoms with Gasteiger partial charge in [-0.25, -0.2) is 4.68 Å². The van der Waals surface area contributed by atoms with Crippen molar-refractivity contribution < 1.29 is 14.3 Å². The minimum atomic E-state index is -0.150.